The van der Waals surface area contributed by atoms with Gasteiger partial charge in [0.1, 0.15) is 0 Å². The molecule has 0 spiro atoms. The van der Waals surface area contributed by atoms with Crippen LogP contribution in [0.3, 0.4) is 0 Å². The third-order valence-corrected chi connectivity index (χ3v) is 3.08. The van der Waals surface area contributed by atoms with Crippen molar-refractivity contribution in [2.24, 2.45) is 5.73 Å². The quantitative estimate of drug-likeness (QED) is 0.753. The Hall–Kier alpha value is -2.08. The van der Waals surface area contributed by atoms with E-state index in [2.05, 4.69) is 10.6 Å². The van der Waals surface area contributed by atoms with Crippen LogP contribution in [0.4, 0.5) is 16.2 Å². The zero-order chi connectivity index (χ0) is 13.8. The third kappa shape index (κ3) is 3.03. The molecular formula is C13H18N4O2. The van der Waals surface area contributed by atoms with E-state index in [0.717, 1.165) is 5.69 Å². The van der Waals surface area contributed by atoms with Crippen LogP contribution in [-0.4, -0.2) is 31.1 Å². The van der Waals surface area contributed by atoms with Crippen molar-refractivity contribution in [2.45, 2.75) is 19.4 Å². The highest BCUT2D eigenvalue weighted by atomic mass is 16.2. The Bertz CT molecular complexity index is 472. The number of nitrogens with two attached hydrogens (primary N) is 1. The molecule has 0 aliphatic carbocycles. The lowest BCUT2D eigenvalue weighted by Gasteiger charge is -2.15. The number of benzene rings is 1. The van der Waals surface area contributed by atoms with E-state index >= 15 is 0 Å². The van der Waals surface area contributed by atoms with Gasteiger partial charge in [-0.1, -0.05) is 6.92 Å². The summed E-state index contributed by atoms with van der Waals surface area (Å²) in [5.74, 6) is -0.200. The molecule has 0 unspecified atom stereocenters. The maximum absolute atomic E-state index is 11.6. The summed E-state index contributed by atoms with van der Waals surface area (Å²) in [7, 11) is 0. The molecule has 0 radical (unpaired) electrons. The minimum absolute atomic E-state index is 0.0928. The fraction of sp³-hybridized carbons (Fsp3) is 0.385. The molecule has 0 aromatic heterocycles. The lowest BCUT2D eigenvalue weighted by atomic mass is 10.2. The standard InChI is InChI=1S/C13H18N4O2/c1-2-11(14)12(18)16-9-3-5-10(6-4-9)17-8-7-15-13(17)19/h3-6,11H,2,7-8,14H2,1H3,(H,15,19)(H,16,18)/t11-/m1/s1. The Balaban J connectivity index is 2.02. The zero-order valence-electron chi connectivity index (χ0n) is 10.8. The molecule has 19 heavy (non-hydrogen) atoms. The molecule has 1 aliphatic rings. The molecule has 6 nitrogen and oxygen atoms in total. The Morgan fingerprint density at radius 1 is 1.47 bits per heavy atom. The Kier molecular flexibility index (Phi) is 4.01. The van der Waals surface area contributed by atoms with Crippen molar-refractivity contribution in [1.82, 2.24) is 5.32 Å². The minimum Gasteiger partial charge on any atom is -0.336 e. The average molecular weight is 262 g/mol. The summed E-state index contributed by atoms with van der Waals surface area (Å²) in [5.41, 5.74) is 7.13. The zero-order valence-corrected chi connectivity index (χ0v) is 10.8. The topological polar surface area (TPSA) is 87.5 Å². The number of urea groups is 1. The van der Waals surface area contributed by atoms with Gasteiger partial charge in [-0.25, -0.2) is 4.79 Å². The van der Waals surface area contributed by atoms with Gasteiger partial charge in [0.15, 0.2) is 0 Å². The second-order valence-electron chi connectivity index (χ2n) is 4.43. The van der Waals surface area contributed by atoms with Crippen LogP contribution in [-0.2, 0) is 4.79 Å². The lowest BCUT2D eigenvalue weighted by molar-refractivity contribution is -0.117. The van der Waals surface area contributed by atoms with E-state index in [9.17, 15) is 9.59 Å². The molecular weight excluding hydrogens is 244 g/mol. The predicted molar refractivity (Wildman–Crippen MR) is 74.1 cm³/mol. The Labute approximate surface area is 112 Å². The molecule has 0 saturated carbocycles. The molecule has 1 saturated heterocycles. The van der Waals surface area contributed by atoms with Crippen molar-refractivity contribution in [3.63, 3.8) is 0 Å². The number of hydrogen-bond donors (Lipinski definition) is 3. The molecule has 1 aromatic carbocycles. The summed E-state index contributed by atoms with van der Waals surface area (Å²) in [4.78, 5) is 24.8. The van der Waals surface area contributed by atoms with E-state index < -0.39 is 6.04 Å². The van der Waals surface area contributed by atoms with Crippen LogP contribution in [0.15, 0.2) is 24.3 Å². The summed E-state index contributed by atoms with van der Waals surface area (Å²) in [6, 6.07) is 6.55. The third-order valence-electron chi connectivity index (χ3n) is 3.08. The average Bonchev–Trinajstić information content (AvgIpc) is 2.85. The lowest BCUT2D eigenvalue weighted by Crippen LogP contribution is -2.34. The number of nitrogens with zero attached hydrogens (tertiary/aromatic N) is 1. The first-order valence-corrected chi connectivity index (χ1v) is 6.33. The first-order valence-electron chi connectivity index (χ1n) is 6.33. The Morgan fingerprint density at radius 3 is 2.68 bits per heavy atom. The SMILES string of the molecule is CC[C@@H](N)C(=O)Nc1ccc(N2CCNC2=O)cc1. The van der Waals surface area contributed by atoms with Gasteiger partial charge in [-0.05, 0) is 30.7 Å². The minimum atomic E-state index is -0.496. The molecule has 1 aromatic rings. The summed E-state index contributed by atoms with van der Waals surface area (Å²) < 4.78 is 0. The molecule has 2 rings (SSSR count). The molecule has 1 aliphatic heterocycles. The van der Waals surface area contributed by atoms with Crippen LogP contribution in [0.2, 0.25) is 0 Å². The number of carbonyl (C=O) groups is 2. The summed E-state index contributed by atoms with van der Waals surface area (Å²) >= 11 is 0. The van der Waals surface area contributed by atoms with E-state index in [1.54, 1.807) is 29.2 Å². The summed E-state index contributed by atoms with van der Waals surface area (Å²) in [6.45, 7) is 3.17. The highest BCUT2D eigenvalue weighted by Gasteiger charge is 2.20. The van der Waals surface area contributed by atoms with Crippen LogP contribution in [0.1, 0.15) is 13.3 Å². The smallest absolute Gasteiger partial charge is 0.321 e. The van der Waals surface area contributed by atoms with E-state index in [1.807, 2.05) is 6.92 Å². The molecule has 4 N–H and O–H groups in total. The molecule has 3 amide bonds. The van der Waals surface area contributed by atoms with Crippen LogP contribution in [0.25, 0.3) is 0 Å². The molecule has 6 heteroatoms. The van der Waals surface area contributed by atoms with Gasteiger partial charge in [0.2, 0.25) is 5.91 Å². The number of nitrogens with one attached hydrogen (secondary N) is 2. The van der Waals surface area contributed by atoms with Gasteiger partial charge in [-0.2, -0.15) is 0 Å². The van der Waals surface area contributed by atoms with Gasteiger partial charge >= 0.3 is 6.03 Å². The van der Waals surface area contributed by atoms with Crippen molar-refractivity contribution in [3.05, 3.63) is 24.3 Å². The van der Waals surface area contributed by atoms with Gasteiger partial charge in [0.05, 0.1) is 6.04 Å². The maximum Gasteiger partial charge on any atom is 0.321 e. The summed E-state index contributed by atoms with van der Waals surface area (Å²) in [6.07, 6.45) is 0.595. The van der Waals surface area contributed by atoms with Gasteiger partial charge in [-0.3, -0.25) is 9.69 Å². The molecule has 102 valence electrons. The molecule has 1 fully saturated rings. The second-order valence-corrected chi connectivity index (χ2v) is 4.43. The molecule has 1 heterocycles. The highest BCUT2D eigenvalue weighted by Crippen LogP contribution is 2.19. The fourth-order valence-corrected chi connectivity index (χ4v) is 1.86. The number of anilines is 2. The van der Waals surface area contributed by atoms with Crippen LogP contribution < -0.4 is 21.3 Å². The Morgan fingerprint density at radius 2 is 2.16 bits per heavy atom. The van der Waals surface area contributed by atoms with Crippen LogP contribution in [0.5, 0.6) is 0 Å². The highest BCUT2D eigenvalue weighted by molar-refractivity contribution is 5.96. The van der Waals surface area contributed by atoms with Gasteiger partial charge in [0.25, 0.3) is 0 Å². The van der Waals surface area contributed by atoms with Crippen molar-refractivity contribution >= 4 is 23.3 Å². The summed E-state index contributed by atoms with van der Waals surface area (Å²) in [5, 5.41) is 5.48. The monoisotopic (exact) mass is 262 g/mol. The first kappa shape index (κ1) is 13.4. The van der Waals surface area contributed by atoms with Gasteiger partial charge < -0.3 is 16.4 Å². The molecule has 1 atom stereocenters. The van der Waals surface area contributed by atoms with Crippen molar-refractivity contribution in [1.29, 1.82) is 0 Å². The number of carbonyl (C=O) groups excluding carboxylic acids is 2. The van der Waals surface area contributed by atoms with E-state index in [-0.39, 0.29) is 11.9 Å². The second kappa shape index (κ2) is 5.71. The van der Waals surface area contributed by atoms with Crippen molar-refractivity contribution < 1.29 is 9.59 Å². The predicted octanol–water partition coefficient (Wildman–Crippen LogP) is 0.892. The van der Waals surface area contributed by atoms with Crippen LogP contribution >= 0.6 is 0 Å². The molecule has 0 bridgehead atoms. The maximum atomic E-state index is 11.6. The van der Waals surface area contributed by atoms with Gasteiger partial charge in [0, 0.05) is 24.5 Å². The number of hydrogen-bond acceptors (Lipinski definition) is 3. The van der Waals surface area contributed by atoms with Crippen molar-refractivity contribution in [3.8, 4) is 0 Å². The normalized spacial score (nSPS) is 16.1. The first-order chi connectivity index (χ1) is 9.11. The largest absolute Gasteiger partial charge is 0.336 e. The van der Waals surface area contributed by atoms with E-state index in [1.165, 1.54) is 0 Å². The fourth-order valence-electron chi connectivity index (χ4n) is 1.86. The van der Waals surface area contributed by atoms with Gasteiger partial charge in [-0.15, -0.1) is 0 Å². The van der Waals surface area contributed by atoms with Crippen LogP contribution in [0, 0.1) is 0 Å². The van der Waals surface area contributed by atoms with Crippen molar-refractivity contribution in [2.75, 3.05) is 23.3 Å². The number of rotatable bonds is 4. The van der Waals surface area contributed by atoms with E-state index in [4.69, 9.17) is 5.73 Å². The number of amides is 3. The van der Waals surface area contributed by atoms with E-state index in [0.29, 0.717) is 25.2 Å².